The first-order chi connectivity index (χ1) is 4.93. The molecule has 10 heavy (non-hydrogen) atoms. The normalized spacial score (nSPS) is 9.70. The summed E-state index contributed by atoms with van der Waals surface area (Å²) in [7, 11) is 0. The number of hydrogen-bond acceptors (Lipinski definition) is 2. The lowest BCUT2D eigenvalue weighted by Gasteiger charge is -1.94. The van der Waals surface area contributed by atoms with Crippen molar-refractivity contribution in [1.29, 1.82) is 0 Å². The van der Waals surface area contributed by atoms with Gasteiger partial charge >= 0.3 is 0 Å². The van der Waals surface area contributed by atoms with E-state index in [1.54, 1.807) is 6.20 Å². The molecule has 0 spiro atoms. The van der Waals surface area contributed by atoms with Gasteiger partial charge in [-0.25, -0.2) is 0 Å². The molecule has 0 N–H and O–H groups in total. The standard InChI is InChI=1S/C8H11N2/c1-2-3-4-8-5-6-9-10-7-8/h5,7H,2-4H2,1H3. The molecule has 2 heteroatoms. The number of hydrogen-bond donors (Lipinski definition) is 0. The largest absolute Gasteiger partial charge is 0.158 e. The lowest BCUT2D eigenvalue weighted by atomic mass is 10.1. The van der Waals surface area contributed by atoms with Crippen LogP contribution in [-0.2, 0) is 6.42 Å². The summed E-state index contributed by atoms with van der Waals surface area (Å²) >= 11 is 0. The summed E-state index contributed by atoms with van der Waals surface area (Å²) in [6, 6.07) is 1.89. The quantitative estimate of drug-likeness (QED) is 0.629. The van der Waals surface area contributed by atoms with Gasteiger partial charge < -0.3 is 0 Å². The second-order valence-corrected chi connectivity index (χ2v) is 2.30. The van der Waals surface area contributed by atoms with Crippen molar-refractivity contribution in [3.8, 4) is 0 Å². The Morgan fingerprint density at radius 3 is 3.10 bits per heavy atom. The highest BCUT2D eigenvalue weighted by Crippen LogP contribution is 2.00. The summed E-state index contributed by atoms with van der Waals surface area (Å²) in [6.07, 6.45) is 8.05. The monoisotopic (exact) mass is 135 g/mol. The number of unbranched alkanes of at least 4 members (excludes halogenated alkanes) is 1. The van der Waals surface area contributed by atoms with Gasteiger partial charge in [-0.2, -0.15) is 5.10 Å². The SMILES string of the molecule is CCCCc1c[c]nnc1. The van der Waals surface area contributed by atoms with Crippen LogP contribution in [0.1, 0.15) is 25.3 Å². The summed E-state index contributed by atoms with van der Waals surface area (Å²) in [5.74, 6) is 0. The Kier molecular flexibility index (Phi) is 2.87. The van der Waals surface area contributed by atoms with Crippen LogP contribution in [0.5, 0.6) is 0 Å². The van der Waals surface area contributed by atoms with Crippen molar-refractivity contribution in [1.82, 2.24) is 10.2 Å². The van der Waals surface area contributed by atoms with Crippen LogP contribution < -0.4 is 0 Å². The van der Waals surface area contributed by atoms with Crippen molar-refractivity contribution in [2.24, 2.45) is 0 Å². The maximum Gasteiger partial charge on any atom is 0.113 e. The molecule has 0 unspecified atom stereocenters. The van der Waals surface area contributed by atoms with Crippen LogP contribution >= 0.6 is 0 Å². The van der Waals surface area contributed by atoms with Gasteiger partial charge in [0.25, 0.3) is 0 Å². The highest BCUT2D eigenvalue weighted by Gasteiger charge is 1.89. The third-order valence-electron chi connectivity index (χ3n) is 1.41. The summed E-state index contributed by atoms with van der Waals surface area (Å²) < 4.78 is 0. The molecule has 1 heterocycles. The first kappa shape index (κ1) is 7.19. The van der Waals surface area contributed by atoms with Gasteiger partial charge in [0.05, 0.1) is 6.20 Å². The Bertz CT molecular complexity index is 172. The van der Waals surface area contributed by atoms with E-state index in [9.17, 15) is 0 Å². The highest BCUT2D eigenvalue weighted by molar-refractivity contribution is 5.03. The maximum absolute atomic E-state index is 3.73. The molecular formula is C8H11N2. The molecular weight excluding hydrogens is 124 g/mol. The van der Waals surface area contributed by atoms with E-state index in [1.165, 1.54) is 18.4 Å². The Hall–Kier alpha value is -0.920. The number of aryl methyl sites for hydroxylation is 1. The van der Waals surface area contributed by atoms with E-state index < -0.39 is 0 Å². The van der Waals surface area contributed by atoms with Crippen molar-refractivity contribution in [3.05, 3.63) is 24.0 Å². The van der Waals surface area contributed by atoms with Crippen molar-refractivity contribution >= 4 is 0 Å². The lowest BCUT2D eigenvalue weighted by Crippen LogP contribution is -1.87. The third kappa shape index (κ3) is 2.13. The topological polar surface area (TPSA) is 25.8 Å². The molecule has 1 radical (unpaired) electrons. The zero-order valence-electron chi connectivity index (χ0n) is 6.17. The minimum absolute atomic E-state index is 1.10. The second-order valence-electron chi connectivity index (χ2n) is 2.30. The molecule has 0 bridgehead atoms. The fourth-order valence-electron chi connectivity index (χ4n) is 0.803. The molecule has 0 aliphatic rings. The average molecular weight is 135 g/mol. The molecule has 0 fully saturated rings. The molecule has 1 aromatic rings. The van der Waals surface area contributed by atoms with Gasteiger partial charge in [-0.3, -0.25) is 0 Å². The predicted molar refractivity (Wildman–Crippen MR) is 39.5 cm³/mol. The van der Waals surface area contributed by atoms with E-state index in [0.717, 1.165) is 6.42 Å². The van der Waals surface area contributed by atoms with E-state index in [-0.39, 0.29) is 0 Å². The minimum atomic E-state index is 1.10. The Morgan fingerprint density at radius 2 is 2.50 bits per heavy atom. The van der Waals surface area contributed by atoms with Gasteiger partial charge in [-0.15, -0.1) is 5.10 Å². The van der Waals surface area contributed by atoms with Crippen molar-refractivity contribution in [2.45, 2.75) is 26.2 Å². The van der Waals surface area contributed by atoms with Crippen LogP contribution in [0.4, 0.5) is 0 Å². The van der Waals surface area contributed by atoms with Crippen LogP contribution in [0.3, 0.4) is 0 Å². The van der Waals surface area contributed by atoms with E-state index in [4.69, 9.17) is 0 Å². The van der Waals surface area contributed by atoms with E-state index in [1.807, 2.05) is 6.07 Å². The zero-order chi connectivity index (χ0) is 7.23. The molecule has 1 aromatic heterocycles. The van der Waals surface area contributed by atoms with E-state index in [0.29, 0.717) is 0 Å². The molecule has 0 amide bonds. The van der Waals surface area contributed by atoms with Gasteiger partial charge in [-0.1, -0.05) is 13.3 Å². The first-order valence-electron chi connectivity index (χ1n) is 3.61. The molecule has 0 aliphatic heterocycles. The van der Waals surface area contributed by atoms with Crippen molar-refractivity contribution < 1.29 is 0 Å². The number of nitrogens with zero attached hydrogens (tertiary/aromatic N) is 2. The van der Waals surface area contributed by atoms with Crippen LogP contribution in [0.2, 0.25) is 0 Å². The van der Waals surface area contributed by atoms with Gasteiger partial charge in [0.2, 0.25) is 0 Å². The van der Waals surface area contributed by atoms with Gasteiger partial charge in [0.15, 0.2) is 0 Å². The average Bonchev–Trinajstić information content (AvgIpc) is 2.03. The Balaban J connectivity index is 2.43. The lowest BCUT2D eigenvalue weighted by molar-refractivity contribution is 0.786. The van der Waals surface area contributed by atoms with Crippen molar-refractivity contribution in [3.63, 3.8) is 0 Å². The Morgan fingerprint density at radius 1 is 1.60 bits per heavy atom. The number of aromatic nitrogens is 2. The molecule has 0 atom stereocenters. The van der Waals surface area contributed by atoms with E-state index >= 15 is 0 Å². The van der Waals surface area contributed by atoms with Crippen LogP contribution in [0.15, 0.2) is 12.3 Å². The number of rotatable bonds is 3. The molecule has 0 saturated heterocycles. The maximum atomic E-state index is 3.73. The van der Waals surface area contributed by atoms with E-state index in [2.05, 4.69) is 23.3 Å². The molecule has 2 nitrogen and oxygen atoms in total. The summed E-state index contributed by atoms with van der Waals surface area (Å²) in [4.78, 5) is 0. The fraction of sp³-hybridized carbons (Fsp3) is 0.500. The molecule has 0 saturated carbocycles. The summed E-state index contributed by atoms with van der Waals surface area (Å²) in [6.45, 7) is 2.18. The first-order valence-corrected chi connectivity index (χ1v) is 3.61. The van der Waals surface area contributed by atoms with Crippen molar-refractivity contribution in [2.75, 3.05) is 0 Å². The molecule has 53 valence electrons. The third-order valence-corrected chi connectivity index (χ3v) is 1.41. The molecule has 1 rings (SSSR count). The minimum Gasteiger partial charge on any atom is -0.158 e. The predicted octanol–water partition coefficient (Wildman–Crippen LogP) is 1.62. The second kappa shape index (κ2) is 3.99. The Labute approximate surface area is 61.3 Å². The van der Waals surface area contributed by atoms with Gasteiger partial charge in [-0.05, 0) is 24.5 Å². The summed E-state index contributed by atoms with van der Waals surface area (Å²) in [5, 5.41) is 7.31. The molecule has 0 aromatic carbocycles. The smallest absolute Gasteiger partial charge is 0.113 e. The zero-order valence-corrected chi connectivity index (χ0v) is 6.17. The van der Waals surface area contributed by atoms with Gasteiger partial charge in [0.1, 0.15) is 6.20 Å². The van der Waals surface area contributed by atoms with Crippen LogP contribution in [0.25, 0.3) is 0 Å². The van der Waals surface area contributed by atoms with Gasteiger partial charge in [0, 0.05) is 0 Å². The summed E-state index contributed by atoms with van der Waals surface area (Å²) in [5.41, 5.74) is 1.23. The van der Waals surface area contributed by atoms with Crippen LogP contribution in [0, 0.1) is 6.20 Å². The highest BCUT2D eigenvalue weighted by atomic mass is 15.1. The molecule has 0 aliphatic carbocycles. The van der Waals surface area contributed by atoms with Crippen LogP contribution in [-0.4, -0.2) is 10.2 Å². The fourth-order valence-corrected chi connectivity index (χ4v) is 0.803.